The standard InChI is InChI=1S/C12H11N5O3/c18-11(7-5-8(7)12(19)20)14-9-3-1-2-4-10(9)17-6-13-15-16-17/h1-4,6-8H,5H2,(H,14,18)(H,19,20). The maximum atomic E-state index is 12.0. The molecule has 0 bridgehead atoms. The Morgan fingerprint density at radius 2 is 2.10 bits per heavy atom. The highest BCUT2D eigenvalue weighted by atomic mass is 16.4. The van der Waals surface area contributed by atoms with Gasteiger partial charge >= 0.3 is 5.97 Å². The molecule has 2 unspecified atom stereocenters. The summed E-state index contributed by atoms with van der Waals surface area (Å²) in [4.78, 5) is 22.7. The summed E-state index contributed by atoms with van der Waals surface area (Å²) >= 11 is 0. The number of hydrogen-bond acceptors (Lipinski definition) is 5. The van der Waals surface area contributed by atoms with Gasteiger partial charge in [0.2, 0.25) is 5.91 Å². The number of nitrogens with zero attached hydrogens (tertiary/aromatic N) is 4. The fourth-order valence-corrected chi connectivity index (χ4v) is 2.03. The zero-order valence-electron chi connectivity index (χ0n) is 10.3. The second-order valence-electron chi connectivity index (χ2n) is 4.55. The number of nitrogens with one attached hydrogen (secondary N) is 1. The van der Waals surface area contributed by atoms with Crippen molar-refractivity contribution in [3.8, 4) is 5.69 Å². The molecule has 1 fully saturated rings. The molecule has 1 heterocycles. The highest BCUT2D eigenvalue weighted by Gasteiger charge is 2.48. The van der Waals surface area contributed by atoms with E-state index in [2.05, 4.69) is 20.8 Å². The minimum absolute atomic E-state index is 0.294. The zero-order chi connectivity index (χ0) is 14.1. The topological polar surface area (TPSA) is 110 Å². The molecule has 0 aliphatic heterocycles. The van der Waals surface area contributed by atoms with Crippen LogP contribution in [0.15, 0.2) is 30.6 Å². The first kappa shape index (κ1) is 12.3. The van der Waals surface area contributed by atoms with Crippen LogP contribution in [0, 0.1) is 11.8 Å². The minimum Gasteiger partial charge on any atom is -0.481 e. The van der Waals surface area contributed by atoms with Crippen molar-refractivity contribution in [1.82, 2.24) is 20.2 Å². The lowest BCUT2D eigenvalue weighted by atomic mass is 10.2. The van der Waals surface area contributed by atoms with E-state index in [-0.39, 0.29) is 5.91 Å². The smallest absolute Gasteiger partial charge is 0.307 e. The van der Waals surface area contributed by atoms with E-state index in [1.54, 1.807) is 24.3 Å². The summed E-state index contributed by atoms with van der Waals surface area (Å²) in [7, 11) is 0. The first-order chi connectivity index (χ1) is 9.66. The van der Waals surface area contributed by atoms with Crippen molar-refractivity contribution in [2.75, 3.05) is 5.32 Å². The quantitative estimate of drug-likeness (QED) is 0.830. The van der Waals surface area contributed by atoms with Gasteiger partial charge in [-0.3, -0.25) is 9.59 Å². The van der Waals surface area contributed by atoms with E-state index in [9.17, 15) is 9.59 Å². The molecule has 1 aromatic heterocycles. The van der Waals surface area contributed by atoms with Gasteiger partial charge in [0.25, 0.3) is 0 Å². The predicted octanol–water partition coefficient (Wildman–Crippen LogP) is 0.321. The van der Waals surface area contributed by atoms with Crippen molar-refractivity contribution in [3.63, 3.8) is 0 Å². The number of amides is 1. The van der Waals surface area contributed by atoms with Gasteiger partial charge in [0.15, 0.2) is 0 Å². The number of benzene rings is 1. The second-order valence-corrected chi connectivity index (χ2v) is 4.55. The molecule has 1 aliphatic carbocycles. The van der Waals surface area contributed by atoms with E-state index in [0.717, 1.165) is 0 Å². The molecule has 1 saturated carbocycles. The average Bonchev–Trinajstić information content (AvgIpc) is 3.08. The van der Waals surface area contributed by atoms with E-state index in [0.29, 0.717) is 17.8 Å². The van der Waals surface area contributed by atoms with Crippen molar-refractivity contribution in [2.24, 2.45) is 11.8 Å². The molecular formula is C12H11N5O3. The Morgan fingerprint density at radius 1 is 1.30 bits per heavy atom. The van der Waals surface area contributed by atoms with Gasteiger partial charge in [-0.1, -0.05) is 12.1 Å². The largest absolute Gasteiger partial charge is 0.481 e. The second kappa shape index (κ2) is 4.72. The molecule has 0 spiro atoms. The molecule has 8 heteroatoms. The number of carboxylic acids is 1. The van der Waals surface area contributed by atoms with Crippen LogP contribution in [0.3, 0.4) is 0 Å². The lowest BCUT2D eigenvalue weighted by Gasteiger charge is -2.09. The average molecular weight is 273 g/mol. The van der Waals surface area contributed by atoms with E-state index in [4.69, 9.17) is 5.11 Å². The Kier molecular flexibility index (Phi) is 2.90. The van der Waals surface area contributed by atoms with Gasteiger partial charge in [0.05, 0.1) is 23.2 Å². The monoisotopic (exact) mass is 273 g/mol. The van der Waals surface area contributed by atoms with Gasteiger partial charge in [-0.05, 0) is 29.0 Å². The molecule has 102 valence electrons. The van der Waals surface area contributed by atoms with E-state index in [1.165, 1.54) is 11.0 Å². The number of carboxylic acid groups (broad SMARTS) is 1. The number of anilines is 1. The van der Waals surface area contributed by atoms with Crippen LogP contribution in [0.4, 0.5) is 5.69 Å². The highest BCUT2D eigenvalue weighted by Crippen LogP contribution is 2.39. The lowest BCUT2D eigenvalue weighted by molar-refractivity contribution is -0.139. The highest BCUT2D eigenvalue weighted by molar-refractivity contribution is 5.99. The molecule has 3 rings (SSSR count). The third-order valence-corrected chi connectivity index (χ3v) is 3.20. The minimum atomic E-state index is -0.932. The molecule has 1 aliphatic rings. The first-order valence-electron chi connectivity index (χ1n) is 6.03. The summed E-state index contributed by atoms with van der Waals surface area (Å²) in [6, 6.07) is 7.04. The van der Waals surface area contributed by atoms with Gasteiger partial charge in [-0.2, -0.15) is 4.68 Å². The Hall–Kier alpha value is -2.77. The van der Waals surface area contributed by atoms with Crippen LogP contribution in [-0.2, 0) is 9.59 Å². The summed E-state index contributed by atoms with van der Waals surface area (Å²) in [6.07, 6.45) is 1.80. The first-order valence-corrected chi connectivity index (χ1v) is 6.03. The van der Waals surface area contributed by atoms with Crippen LogP contribution in [0.5, 0.6) is 0 Å². The fraction of sp³-hybridized carbons (Fsp3) is 0.250. The summed E-state index contributed by atoms with van der Waals surface area (Å²) in [5, 5.41) is 22.4. The molecule has 1 amide bonds. The van der Waals surface area contributed by atoms with Crippen molar-refractivity contribution < 1.29 is 14.7 Å². The molecule has 1 aromatic carbocycles. The van der Waals surface area contributed by atoms with Crippen LogP contribution in [0.1, 0.15) is 6.42 Å². The summed E-state index contributed by atoms with van der Waals surface area (Å²) in [5.41, 5.74) is 1.17. The Bertz CT molecular complexity index is 655. The van der Waals surface area contributed by atoms with Crippen LogP contribution in [0.2, 0.25) is 0 Å². The molecular weight excluding hydrogens is 262 g/mol. The number of aliphatic carboxylic acids is 1. The summed E-state index contributed by atoms with van der Waals surface area (Å²) in [6.45, 7) is 0. The van der Waals surface area contributed by atoms with Gasteiger partial charge in [0, 0.05) is 0 Å². The molecule has 20 heavy (non-hydrogen) atoms. The van der Waals surface area contributed by atoms with Crippen molar-refractivity contribution >= 4 is 17.6 Å². The van der Waals surface area contributed by atoms with Crippen LogP contribution >= 0.6 is 0 Å². The maximum absolute atomic E-state index is 12.0. The number of hydrogen-bond donors (Lipinski definition) is 2. The summed E-state index contributed by atoms with van der Waals surface area (Å²) < 4.78 is 1.43. The molecule has 2 atom stereocenters. The predicted molar refractivity (Wildman–Crippen MR) is 67.0 cm³/mol. The lowest BCUT2D eigenvalue weighted by Crippen LogP contribution is -2.18. The number of rotatable bonds is 4. The van der Waals surface area contributed by atoms with Crippen molar-refractivity contribution in [1.29, 1.82) is 0 Å². The van der Waals surface area contributed by atoms with Gasteiger partial charge < -0.3 is 10.4 Å². The SMILES string of the molecule is O=C(O)C1CC1C(=O)Nc1ccccc1-n1cnnn1. The Balaban J connectivity index is 1.79. The Morgan fingerprint density at radius 3 is 2.75 bits per heavy atom. The normalized spacial score (nSPS) is 20.4. The van der Waals surface area contributed by atoms with Crippen molar-refractivity contribution in [3.05, 3.63) is 30.6 Å². The van der Waals surface area contributed by atoms with Crippen LogP contribution in [-0.4, -0.2) is 37.2 Å². The third kappa shape index (κ3) is 2.22. The Labute approximate surface area is 113 Å². The molecule has 0 saturated heterocycles. The van der Waals surface area contributed by atoms with Gasteiger partial charge in [-0.25, -0.2) is 0 Å². The zero-order valence-corrected chi connectivity index (χ0v) is 10.3. The van der Waals surface area contributed by atoms with Crippen LogP contribution < -0.4 is 5.32 Å². The van der Waals surface area contributed by atoms with Crippen molar-refractivity contribution in [2.45, 2.75) is 6.42 Å². The van der Waals surface area contributed by atoms with E-state index >= 15 is 0 Å². The van der Waals surface area contributed by atoms with E-state index < -0.39 is 17.8 Å². The number of aromatic nitrogens is 4. The van der Waals surface area contributed by atoms with Gasteiger partial charge in [0.1, 0.15) is 6.33 Å². The molecule has 0 radical (unpaired) electrons. The molecule has 8 nitrogen and oxygen atoms in total. The molecule has 2 aromatic rings. The van der Waals surface area contributed by atoms with E-state index in [1.807, 2.05) is 0 Å². The molecule has 2 N–H and O–H groups in total. The van der Waals surface area contributed by atoms with Gasteiger partial charge in [-0.15, -0.1) is 5.10 Å². The number of para-hydroxylation sites is 2. The number of carbonyl (C=O) groups excluding carboxylic acids is 1. The number of carbonyl (C=O) groups is 2. The fourth-order valence-electron chi connectivity index (χ4n) is 2.03. The number of tetrazole rings is 1. The summed E-state index contributed by atoms with van der Waals surface area (Å²) in [5.74, 6) is -2.26. The van der Waals surface area contributed by atoms with Crippen LogP contribution in [0.25, 0.3) is 5.69 Å². The third-order valence-electron chi connectivity index (χ3n) is 3.20. The maximum Gasteiger partial charge on any atom is 0.307 e.